The van der Waals surface area contributed by atoms with E-state index in [1.54, 1.807) is 0 Å². The van der Waals surface area contributed by atoms with Crippen LogP contribution in [0.1, 0.15) is 17.3 Å². The Labute approximate surface area is 140 Å². The second-order valence-electron chi connectivity index (χ2n) is 4.73. The van der Waals surface area contributed by atoms with Gasteiger partial charge in [-0.3, -0.25) is 9.59 Å². The lowest BCUT2D eigenvalue weighted by Gasteiger charge is -2.14. The molecule has 8 heteroatoms. The van der Waals surface area contributed by atoms with E-state index in [4.69, 9.17) is 18.9 Å². The molecule has 0 aliphatic carbocycles. The fourth-order valence-electron chi connectivity index (χ4n) is 1.72. The lowest BCUT2D eigenvalue weighted by molar-refractivity contribution is -0.156. The molecular weight excluding hydrogens is 318 g/mol. The molecule has 0 aromatic heterocycles. The summed E-state index contributed by atoms with van der Waals surface area (Å²) < 4.78 is 20.2. The van der Waals surface area contributed by atoms with Crippen molar-refractivity contribution in [3.8, 4) is 11.5 Å². The first kappa shape index (κ1) is 19.4. The van der Waals surface area contributed by atoms with Crippen LogP contribution in [0.4, 0.5) is 0 Å². The van der Waals surface area contributed by atoms with Crippen molar-refractivity contribution in [2.24, 2.45) is 0 Å². The zero-order valence-electron chi connectivity index (χ0n) is 13.9. The summed E-state index contributed by atoms with van der Waals surface area (Å²) >= 11 is 0. The van der Waals surface area contributed by atoms with Crippen molar-refractivity contribution < 1.29 is 33.3 Å². The summed E-state index contributed by atoms with van der Waals surface area (Å²) in [7, 11) is 2.93. The monoisotopic (exact) mass is 339 g/mol. The van der Waals surface area contributed by atoms with Crippen molar-refractivity contribution in [1.82, 2.24) is 5.32 Å². The topological polar surface area (TPSA) is 100 Å². The van der Waals surface area contributed by atoms with Crippen molar-refractivity contribution in [3.05, 3.63) is 23.8 Å². The largest absolute Gasteiger partial charge is 0.493 e. The highest BCUT2D eigenvalue weighted by Crippen LogP contribution is 2.27. The molecule has 0 saturated carbocycles. The van der Waals surface area contributed by atoms with Crippen LogP contribution >= 0.6 is 0 Å². The molecule has 0 spiro atoms. The van der Waals surface area contributed by atoms with Crippen LogP contribution in [-0.4, -0.2) is 58.2 Å². The van der Waals surface area contributed by atoms with Crippen LogP contribution in [0.25, 0.3) is 0 Å². The van der Waals surface area contributed by atoms with Gasteiger partial charge in [0.2, 0.25) is 0 Å². The second-order valence-corrected chi connectivity index (χ2v) is 4.73. The van der Waals surface area contributed by atoms with E-state index in [1.165, 1.54) is 39.3 Å². The summed E-state index contributed by atoms with van der Waals surface area (Å²) in [5.74, 6) is -0.519. The van der Waals surface area contributed by atoms with Gasteiger partial charge in [0.15, 0.2) is 24.2 Å². The van der Waals surface area contributed by atoms with E-state index in [-0.39, 0.29) is 5.75 Å². The van der Waals surface area contributed by atoms with Gasteiger partial charge in [-0.1, -0.05) is 0 Å². The highest BCUT2D eigenvalue weighted by Gasteiger charge is 2.18. The lowest BCUT2D eigenvalue weighted by Crippen LogP contribution is -2.38. The number of ether oxygens (including phenoxy) is 4. The van der Waals surface area contributed by atoms with E-state index < -0.39 is 24.6 Å². The Morgan fingerprint density at radius 3 is 2.62 bits per heavy atom. The van der Waals surface area contributed by atoms with E-state index >= 15 is 0 Å². The molecule has 1 rings (SSSR count). The smallest absolute Gasteiger partial charge is 0.344 e. The van der Waals surface area contributed by atoms with Crippen LogP contribution in [0.3, 0.4) is 0 Å². The highest BCUT2D eigenvalue weighted by atomic mass is 16.6. The van der Waals surface area contributed by atoms with Gasteiger partial charge < -0.3 is 24.3 Å². The summed E-state index contributed by atoms with van der Waals surface area (Å²) in [6.07, 6.45) is -0.276. The Balaban J connectivity index is 2.48. The van der Waals surface area contributed by atoms with E-state index in [2.05, 4.69) is 5.32 Å². The van der Waals surface area contributed by atoms with Crippen molar-refractivity contribution >= 4 is 18.2 Å². The van der Waals surface area contributed by atoms with Gasteiger partial charge in [-0.25, -0.2) is 4.79 Å². The van der Waals surface area contributed by atoms with Crippen LogP contribution in [-0.2, 0) is 19.1 Å². The summed E-state index contributed by atoms with van der Waals surface area (Å²) in [6.45, 7) is 1.76. The predicted molar refractivity (Wildman–Crippen MR) is 84.3 cm³/mol. The third-order valence-electron chi connectivity index (χ3n) is 2.95. The molecular formula is C16H21NO7. The van der Waals surface area contributed by atoms with Gasteiger partial charge in [0.1, 0.15) is 6.29 Å². The summed E-state index contributed by atoms with van der Waals surface area (Å²) in [5.41, 5.74) is 0.420. The average Bonchev–Trinajstić information content (AvgIpc) is 2.59. The maximum Gasteiger partial charge on any atom is 0.344 e. The Morgan fingerprint density at radius 2 is 2.00 bits per heavy atom. The van der Waals surface area contributed by atoms with Gasteiger partial charge in [0.25, 0.3) is 5.91 Å². The molecule has 0 bridgehead atoms. The molecule has 0 radical (unpaired) electrons. The van der Waals surface area contributed by atoms with Crippen molar-refractivity contribution in [1.29, 1.82) is 0 Å². The van der Waals surface area contributed by atoms with Gasteiger partial charge in [0.05, 0.1) is 13.7 Å². The molecule has 0 saturated heterocycles. The normalized spacial score (nSPS) is 11.3. The number of aldehydes is 1. The van der Waals surface area contributed by atoms with E-state index in [0.29, 0.717) is 30.8 Å². The third kappa shape index (κ3) is 6.25. The number of carbonyl (C=O) groups is 3. The van der Waals surface area contributed by atoms with Crippen molar-refractivity contribution in [2.75, 3.05) is 34.0 Å². The SMILES string of the molecule is COCCNC(=O)[C@@H](C)OC(=O)COc1ccc(C=O)cc1OC. The number of amides is 1. The molecule has 1 N–H and O–H groups in total. The first-order chi connectivity index (χ1) is 11.5. The number of nitrogens with one attached hydrogen (secondary N) is 1. The van der Waals surface area contributed by atoms with Gasteiger partial charge in [-0.05, 0) is 25.1 Å². The van der Waals surface area contributed by atoms with E-state index in [9.17, 15) is 14.4 Å². The molecule has 0 aliphatic rings. The first-order valence-electron chi connectivity index (χ1n) is 7.24. The molecule has 0 fully saturated rings. The molecule has 24 heavy (non-hydrogen) atoms. The van der Waals surface area contributed by atoms with E-state index in [0.717, 1.165) is 0 Å². The van der Waals surface area contributed by atoms with Gasteiger partial charge in [-0.15, -0.1) is 0 Å². The maximum atomic E-state index is 11.7. The van der Waals surface area contributed by atoms with Crippen LogP contribution in [0.2, 0.25) is 0 Å². The second kappa shape index (κ2) is 10.2. The van der Waals surface area contributed by atoms with Crippen LogP contribution in [0.5, 0.6) is 11.5 Å². The maximum absolute atomic E-state index is 11.7. The minimum absolute atomic E-state index is 0.289. The van der Waals surface area contributed by atoms with Gasteiger partial charge >= 0.3 is 5.97 Å². The molecule has 0 unspecified atom stereocenters. The van der Waals surface area contributed by atoms with Crippen molar-refractivity contribution in [3.63, 3.8) is 0 Å². The molecule has 132 valence electrons. The van der Waals surface area contributed by atoms with Crippen LogP contribution in [0.15, 0.2) is 18.2 Å². The minimum Gasteiger partial charge on any atom is -0.493 e. The number of esters is 1. The quantitative estimate of drug-likeness (QED) is 0.378. The predicted octanol–water partition coefficient (Wildman–Crippen LogP) is 0.581. The molecule has 0 heterocycles. The molecule has 1 atom stereocenters. The number of methoxy groups -OCH3 is 2. The molecule has 1 aromatic carbocycles. The number of hydrogen-bond donors (Lipinski definition) is 1. The van der Waals surface area contributed by atoms with Crippen molar-refractivity contribution in [2.45, 2.75) is 13.0 Å². The third-order valence-corrected chi connectivity index (χ3v) is 2.95. The number of benzene rings is 1. The molecule has 0 aliphatic heterocycles. The fourth-order valence-corrected chi connectivity index (χ4v) is 1.72. The minimum atomic E-state index is -0.947. The summed E-state index contributed by atoms with van der Waals surface area (Å²) in [5, 5.41) is 2.56. The zero-order chi connectivity index (χ0) is 17.9. The lowest BCUT2D eigenvalue weighted by atomic mass is 10.2. The number of hydrogen-bond acceptors (Lipinski definition) is 7. The molecule has 8 nitrogen and oxygen atoms in total. The molecule has 1 amide bonds. The summed E-state index contributed by atoms with van der Waals surface area (Å²) in [6, 6.07) is 4.53. The van der Waals surface area contributed by atoms with E-state index in [1.807, 2.05) is 0 Å². The number of rotatable bonds is 10. The molecule has 1 aromatic rings. The average molecular weight is 339 g/mol. The first-order valence-corrected chi connectivity index (χ1v) is 7.24. The Morgan fingerprint density at radius 1 is 1.25 bits per heavy atom. The number of carbonyl (C=O) groups excluding carboxylic acids is 3. The van der Waals surface area contributed by atoms with Crippen LogP contribution < -0.4 is 14.8 Å². The van der Waals surface area contributed by atoms with Gasteiger partial charge in [-0.2, -0.15) is 0 Å². The highest BCUT2D eigenvalue weighted by molar-refractivity contribution is 5.83. The summed E-state index contributed by atoms with van der Waals surface area (Å²) in [4.78, 5) is 34.1. The van der Waals surface area contributed by atoms with Gasteiger partial charge in [0, 0.05) is 19.2 Å². The Hall–Kier alpha value is -2.61. The standard InChI is InChI=1S/C16H21NO7/c1-11(16(20)17-6-7-21-2)24-15(19)10-23-13-5-4-12(9-18)8-14(13)22-3/h4-5,8-9,11H,6-7,10H2,1-3H3,(H,17,20)/t11-/m1/s1. The van der Waals surface area contributed by atoms with Crippen LogP contribution in [0, 0.1) is 0 Å². The fraction of sp³-hybridized carbons (Fsp3) is 0.438. The Bertz CT molecular complexity index is 574. The Kier molecular flexibility index (Phi) is 8.28. The zero-order valence-corrected chi connectivity index (χ0v) is 13.9.